The number of nitrogens with one attached hydrogen (secondary N) is 1. The van der Waals surface area contributed by atoms with Crippen LogP contribution in [0.1, 0.15) is 10.4 Å². The van der Waals surface area contributed by atoms with Gasteiger partial charge in [-0.3, -0.25) is 9.48 Å². The normalized spacial score (nSPS) is 11.3. The van der Waals surface area contributed by atoms with Crippen molar-refractivity contribution >= 4 is 34.8 Å². The summed E-state index contributed by atoms with van der Waals surface area (Å²) in [7, 11) is 1.76. The monoisotopic (exact) mass is 412 g/mol. The van der Waals surface area contributed by atoms with Gasteiger partial charge in [-0.2, -0.15) is 5.10 Å². The number of hydrogen-bond acceptors (Lipinski definition) is 4. The molecule has 1 amide bonds. The minimum absolute atomic E-state index is 0.139. The Morgan fingerprint density at radius 1 is 1.26 bits per heavy atom. The van der Waals surface area contributed by atoms with Crippen molar-refractivity contribution < 1.29 is 18.3 Å². The molecule has 0 aliphatic carbocycles. The number of amides is 1. The molecule has 6 nitrogen and oxygen atoms in total. The summed E-state index contributed by atoms with van der Waals surface area (Å²) in [6, 6.07) is 6.91. The van der Waals surface area contributed by atoms with E-state index in [0.717, 1.165) is 0 Å². The van der Waals surface area contributed by atoms with E-state index in [1.807, 2.05) is 0 Å². The standard InChI is InChI=1S/C17H12Cl2F2N4O2/c1-25-9-11(8-23-25)14-6-10(7-22-15(14)18)16(26)24-12-2-4-13(5-3-12)27-17(19,20)21/h2-9H,1H3,(H,24,26). The SMILES string of the molecule is Cn1cc(-c2cc(C(=O)Nc3ccc(OC(F)(F)Cl)cc3)cnc2Cl)cn1. The molecular formula is C17H12Cl2F2N4O2. The van der Waals surface area contributed by atoms with Crippen LogP contribution in [0.5, 0.6) is 5.75 Å². The van der Waals surface area contributed by atoms with Gasteiger partial charge in [-0.15, -0.1) is 8.78 Å². The zero-order valence-corrected chi connectivity index (χ0v) is 15.3. The van der Waals surface area contributed by atoms with Gasteiger partial charge in [0, 0.05) is 47.9 Å². The summed E-state index contributed by atoms with van der Waals surface area (Å²) in [5.41, 5.74) is -1.88. The molecule has 2 aromatic heterocycles. The van der Waals surface area contributed by atoms with E-state index in [1.165, 1.54) is 30.5 Å². The summed E-state index contributed by atoms with van der Waals surface area (Å²) in [5, 5.41) is 6.94. The van der Waals surface area contributed by atoms with Crippen LogP contribution in [-0.4, -0.2) is 26.2 Å². The van der Waals surface area contributed by atoms with Crippen LogP contribution in [-0.2, 0) is 7.05 Å². The van der Waals surface area contributed by atoms with E-state index in [1.54, 1.807) is 30.2 Å². The number of aromatic nitrogens is 3. The first-order chi connectivity index (χ1) is 12.7. The molecule has 2 heterocycles. The first-order valence-electron chi connectivity index (χ1n) is 7.53. The van der Waals surface area contributed by atoms with Crippen molar-refractivity contribution in [2.24, 2.45) is 7.05 Å². The Bertz CT molecular complexity index is 972. The largest absolute Gasteiger partial charge is 0.487 e. The molecular weight excluding hydrogens is 401 g/mol. The molecule has 0 saturated carbocycles. The number of carbonyl (C=O) groups is 1. The smallest absolute Gasteiger partial charge is 0.420 e. The summed E-state index contributed by atoms with van der Waals surface area (Å²) in [6.45, 7) is 0. The predicted octanol–water partition coefficient (Wildman–Crippen LogP) is 4.56. The quantitative estimate of drug-likeness (QED) is 0.492. The van der Waals surface area contributed by atoms with Gasteiger partial charge in [0.15, 0.2) is 0 Å². The molecule has 0 spiro atoms. The Balaban J connectivity index is 1.76. The average Bonchev–Trinajstić information content (AvgIpc) is 3.02. The van der Waals surface area contributed by atoms with Crippen LogP contribution < -0.4 is 10.1 Å². The van der Waals surface area contributed by atoms with E-state index in [0.29, 0.717) is 16.8 Å². The molecule has 0 aliphatic heterocycles. The lowest BCUT2D eigenvalue weighted by Crippen LogP contribution is -2.16. The predicted molar refractivity (Wildman–Crippen MR) is 97.3 cm³/mol. The lowest BCUT2D eigenvalue weighted by Gasteiger charge is -2.11. The number of aryl methyl sites for hydroxylation is 1. The second-order valence-corrected chi connectivity index (χ2v) is 6.29. The molecule has 0 saturated heterocycles. The van der Waals surface area contributed by atoms with Crippen molar-refractivity contribution in [2.75, 3.05) is 5.32 Å². The number of pyridine rings is 1. The molecule has 1 N–H and O–H groups in total. The molecule has 0 radical (unpaired) electrons. The maximum atomic E-state index is 12.6. The highest BCUT2D eigenvalue weighted by Crippen LogP contribution is 2.28. The van der Waals surface area contributed by atoms with E-state index in [-0.39, 0.29) is 16.5 Å². The Kier molecular flexibility index (Phi) is 5.29. The zero-order chi connectivity index (χ0) is 19.6. The van der Waals surface area contributed by atoms with E-state index < -0.39 is 11.5 Å². The number of hydrogen-bond donors (Lipinski definition) is 1. The van der Waals surface area contributed by atoms with Gasteiger partial charge < -0.3 is 10.1 Å². The zero-order valence-electron chi connectivity index (χ0n) is 13.8. The van der Waals surface area contributed by atoms with Crippen molar-refractivity contribution in [1.29, 1.82) is 0 Å². The number of nitrogens with zero attached hydrogens (tertiary/aromatic N) is 3. The van der Waals surface area contributed by atoms with Gasteiger partial charge in [0.25, 0.3) is 5.91 Å². The molecule has 10 heteroatoms. The Morgan fingerprint density at radius 2 is 1.96 bits per heavy atom. The number of ether oxygens (including phenoxy) is 1. The van der Waals surface area contributed by atoms with Gasteiger partial charge in [-0.1, -0.05) is 11.6 Å². The minimum atomic E-state index is -3.80. The molecule has 27 heavy (non-hydrogen) atoms. The molecule has 0 bridgehead atoms. The summed E-state index contributed by atoms with van der Waals surface area (Å²) in [5.74, 6) is -0.583. The van der Waals surface area contributed by atoms with E-state index in [4.69, 9.17) is 23.2 Å². The van der Waals surface area contributed by atoms with E-state index >= 15 is 0 Å². The highest BCUT2D eigenvalue weighted by atomic mass is 35.5. The summed E-state index contributed by atoms with van der Waals surface area (Å²) < 4.78 is 31.0. The number of benzene rings is 1. The third-order valence-corrected chi connectivity index (χ3v) is 3.84. The van der Waals surface area contributed by atoms with Crippen molar-refractivity contribution in [3.8, 4) is 16.9 Å². The fraction of sp³-hybridized carbons (Fsp3) is 0.118. The number of anilines is 1. The van der Waals surface area contributed by atoms with Gasteiger partial charge in [-0.25, -0.2) is 4.98 Å². The van der Waals surface area contributed by atoms with Crippen LogP contribution in [0, 0.1) is 0 Å². The first kappa shape index (κ1) is 19.1. The van der Waals surface area contributed by atoms with E-state index in [9.17, 15) is 13.6 Å². The maximum Gasteiger partial charge on any atom is 0.487 e. The molecule has 0 atom stereocenters. The fourth-order valence-electron chi connectivity index (χ4n) is 2.28. The summed E-state index contributed by atoms with van der Waals surface area (Å²) in [4.78, 5) is 16.5. The Hall–Kier alpha value is -2.71. The van der Waals surface area contributed by atoms with Crippen molar-refractivity contribution in [3.05, 3.63) is 59.6 Å². The van der Waals surface area contributed by atoms with Crippen LogP contribution in [0.4, 0.5) is 14.5 Å². The summed E-state index contributed by atoms with van der Waals surface area (Å²) in [6.07, 6.45) is 4.69. The maximum absolute atomic E-state index is 12.6. The van der Waals surface area contributed by atoms with Crippen LogP contribution in [0.25, 0.3) is 11.1 Å². The minimum Gasteiger partial charge on any atom is -0.420 e. The van der Waals surface area contributed by atoms with Crippen LogP contribution >= 0.6 is 23.2 Å². The first-order valence-corrected chi connectivity index (χ1v) is 8.28. The fourth-order valence-corrected chi connectivity index (χ4v) is 2.58. The van der Waals surface area contributed by atoms with Crippen LogP contribution in [0.3, 0.4) is 0 Å². The highest BCUT2D eigenvalue weighted by Gasteiger charge is 2.27. The van der Waals surface area contributed by atoms with Gasteiger partial charge in [0.05, 0.1) is 11.8 Å². The van der Waals surface area contributed by atoms with Gasteiger partial charge >= 0.3 is 5.57 Å². The number of carbonyl (C=O) groups excluding carboxylic acids is 1. The Morgan fingerprint density at radius 3 is 2.56 bits per heavy atom. The molecule has 1 aromatic carbocycles. The van der Waals surface area contributed by atoms with Gasteiger partial charge in [0.1, 0.15) is 10.9 Å². The van der Waals surface area contributed by atoms with E-state index in [2.05, 4.69) is 20.1 Å². The number of rotatable bonds is 5. The molecule has 0 unspecified atom stereocenters. The van der Waals surface area contributed by atoms with Crippen molar-refractivity contribution in [3.63, 3.8) is 0 Å². The average molecular weight is 413 g/mol. The van der Waals surface area contributed by atoms with Crippen molar-refractivity contribution in [1.82, 2.24) is 14.8 Å². The number of halogens is 4. The Labute approximate surface area is 162 Å². The lowest BCUT2D eigenvalue weighted by atomic mass is 10.1. The molecule has 0 fully saturated rings. The molecule has 0 aliphatic rings. The van der Waals surface area contributed by atoms with Crippen molar-refractivity contribution in [2.45, 2.75) is 5.57 Å². The molecule has 3 rings (SSSR count). The van der Waals surface area contributed by atoms with Crippen LogP contribution in [0.15, 0.2) is 48.9 Å². The molecule has 140 valence electrons. The highest BCUT2D eigenvalue weighted by molar-refractivity contribution is 6.32. The second kappa shape index (κ2) is 7.50. The molecule has 3 aromatic rings. The number of alkyl halides is 3. The third kappa shape index (κ3) is 4.93. The lowest BCUT2D eigenvalue weighted by molar-refractivity contribution is -0.0964. The van der Waals surface area contributed by atoms with Crippen LogP contribution in [0.2, 0.25) is 5.15 Å². The summed E-state index contributed by atoms with van der Waals surface area (Å²) >= 11 is 10.8. The van der Waals surface area contributed by atoms with Gasteiger partial charge in [-0.05, 0) is 30.3 Å². The van der Waals surface area contributed by atoms with Gasteiger partial charge in [0.2, 0.25) is 0 Å². The topological polar surface area (TPSA) is 69.0 Å². The third-order valence-electron chi connectivity index (χ3n) is 3.46. The second-order valence-electron chi connectivity index (χ2n) is 5.49.